The highest BCUT2D eigenvalue weighted by atomic mass is 32.2. The number of methoxy groups -OCH3 is 1. The van der Waals surface area contributed by atoms with Crippen molar-refractivity contribution < 1.29 is 17.5 Å². The number of anilines is 2. The summed E-state index contributed by atoms with van der Waals surface area (Å²) in [5.74, 6) is -0.0297. The maximum absolute atomic E-state index is 13.1. The van der Waals surface area contributed by atoms with Crippen LogP contribution in [-0.4, -0.2) is 15.5 Å². The predicted octanol–water partition coefficient (Wildman–Crippen LogP) is 3.88. The summed E-state index contributed by atoms with van der Waals surface area (Å²) in [6, 6.07) is 16.9. The molecule has 3 N–H and O–H groups in total. The number of halogens is 1. The lowest BCUT2D eigenvalue weighted by Crippen LogP contribution is -2.13. The van der Waals surface area contributed by atoms with Crippen molar-refractivity contribution in [1.29, 1.82) is 0 Å². The van der Waals surface area contributed by atoms with E-state index < -0.39 is 10.0 Å². The minimum absolute atomic E-state index is 0.0817. The highest BCUT2D eigenvalue weighted by Crippen LogP contribution is 2.30. The van der Waals surface area contributed by atoms with E-state index in [-0.39, 0.29) is 16.4 Å². The second-order valence-electron chi connectivity index (χ2n) is 5.60. The second-order valence-corrected chi connectivity index (χ2v) is 7.28. The van der Waals surface area contributed by atoms with Crippen molar-refractivity contribution in [1.82, 2.24) is 0 Å². The normalized spacial score (nSPS) is 11.2. The highest BCUT2D eigenvalue weighted by molar-refractivity contribution is 7.92. The van der Waals surface area contributed by atoms with Crippen LogP contribution in [0.1, 0.15) is 0 Å². The maximum Gasteiger partial charge on any atom is 0.262 e. The van der Waals surface area contributed by atoms with Gasteiger partial charge in [-0.05, 0) is 47.5 Å². The smallest absolute Gasteiger partial charge is 0.262 e. The molecule has 0 unspecified atom stereocenters. The van der Waals surface area contributed by atoms with Gasteiger partial charge in [0.05, 0.1) is 17.7 Å². The van der Waals surface area contributed by atoms with Crippen LogP contribution in [-0.2, 0) is 10.0 Å². The van der Waals surface area contributed by atoms with Crippen LogP contribution in [0.3, 0.4) is 0 Å². The van der Waals surface area contributed by atoms with Gasteiger partial charge in [0.25, 0.3) is 10.0 Å². The zero-order chi connectivity index (χ0) is 18.7. The Kier molecular flexibility index (Phi) is 4.81. The van der Waals surface area contributed by atoms with E-state index in [0.29, 0.717) is 22.6 Å². The quantitative estimate of drug-likeness (QED) is 0.666. The molecule has 26 heavy (non-hydrogen) atoms. The highest BCUT2D eigenvalue weighted by Gasteiger charge is 2.17. The largest absolute Gasteiger partial charge is 0.494 e. The Hall–Kier alpha value is -3.06. The van der Waals surface area contributed by atoms with Crippen molar-refractivity contribution in [2.24, 2.45) is 0 Å². The molecular formula is C19H17FN2O3S. The van der Waals surface area contributed by atoms with Crippen LogP contribution in [0.15, 0.2) is 71.6 Å². The van der Waals surface area contributed by atoms with E-state index >= 15 is 0 Å². The number of nitrogen functional groups attached to an aromatic ring is 1. The number of hydrogen-bond donors (Lipinski definition) is 2. The lowest BCUT2D eigenvalue weighted by molar-refractivity contribution is 0.417. The van der Waals surface area contributed by atoms with E-state index in [2.05, 4.69) is 4.72 Å². The van der Waals surface area contributed by atoms with E-state index in [9.17, 15) is 12.8 Å². The molecule has 0 bridgehead atoms. The van der Waals surface area contributed by atoms with Gasteiger partial charge in [0, 0.05) is 11.8 Å². The standard InChI is InChI=1S/C19H17FN2O3S/c1-25-19-12-16(21)9-10-18(19)22-26(23,24)17-4-2-3-14(11-17)13-5-7-15(20)8-6-13/h2-12,22H,21H2,1H3. The van der Waals surface area contributed by atoms with E-state index in [1.807, 2.05) is 0 Å². The molecule has 0 aliphatic rings. The zero-order valence-corrected chi connectivity index (χ0v) is 14.8. The van der Waals surface area contributed by atoms with Crippen LogP contribution >= 0.6 is 0 Å². The summed E-state index contributed by atoms with van der Waals surface area (Å²) in [4.78, 5) is 0.0817. The summed E-state index contributed by atoms with van der Waals surface area (Å²) < 4.78 is 46.2. The molecule has 0 aliphatic carbocycles. The number of nitrogens with one attached hydrogen (secondary N) is 1. The third kappa shape index (κ3) is 3.78. The first-order chi connectivity index (χ1) is 12.4. The summed E-state index contributed by atoms with van der Waals surface area (Å²) in [6.07, 6.45) is 0. The van der Waals surface area contributed by atoms with Gasteiger partial charge in [-0.1, -0.05) is 24.3 Å². The van der Waals surface area contributed by atoms with E-state index in [1.54, 1.807) is 30.3 Å². The summed E-state index contributed by atoms with van der Waals surface area (Å²) in [5.41, 5.74) is 7.82. The van der Waals surface area contributed by atoms with Crippen molar-refractivity contribution >= 4 is 21.4 Å². The molecule has 0 aromatic heterocycles. The third-order valence-electron chi connectivity index (χ3n) is 3.79. The molecule has 0 radical (unpaired) electrons. The maximum atomic E-state index is 13.1. The minimum Gasteiger partial charge on any atom is -0.494 e. The SMILES string of the molecule is COc1cc(N)ccc1NS(=O)(=O)c1cccc(-c2ccc(F)cc2)c1. The molecule has 0 fully saturated rings. The Bertz CT molecular complexity index is 1030. The molecule has 0 saturated heterocycles. The number of rotatable bonds is 5. The number of sulfonamides is 1. The van der Waals surface area contributed by atoms with Crippen molar-refractivity contribution in [2.75, 3.05) is 17.6 Å². The van der Waals surface area contributed by atoms with Crippen LogP contribution < -0.4 is 15.2 Å². The third-order valence-corrected chi connectivity index (χ3v) is 5.15. The molecule has 5 nitrogen and oxygen atoms in total. The average molecular weight is 372 g/mol. The average Bonchev–Trinajstić information content (AvgIpc) is 2.64. The molecule has 0 atom stereocenters. The fourth-order valence-electron chi connectivity index (χ4n) is 2.48. The van der Waals surface area contributed by atoms with E-state index in [1.165, 1.54) is 43.5 Å². The molecule has 3 rings (SSSR count). The topological polar surface area (TPSA) is 81.4 Å². The lowest BCUT2D eigenvalue weighted by Gasteiger charge is -2.13. The Morgan fingerprint density at radius 3 is 2.38 bits per heavy atom. The van der Waals surface area contributed by atoms with Crippen LogP contribution in [0.2, 0.25) is 0 Å². The Labute approximate surface area is 151 Å². The summed E-state index contributed by atoms with van der Waals surface area (Å²) in [6.45, 7) is 0. The number of hydrogen-bond acceptors (Lipinski definition) is 4. The van der Waals surface area contributed by atoms with Crippen molar-refractivity contribution in [3.8, 4) is 16.9 Å². The Morgan fingerprint density at radius 1 is 0.962 bits per heavy atom. The number of nitrogens with two attached hydrogens (primary N) is 1. The molecule has 0 saturated carbocycles. The van der Waals surface area contributed by atoms with Crippen LogP contribution in [0, 0.1) is 5.82 Å². The molecule has 134 valence electrons. The minimum atomic E-state index is -3.84. The van der Waals surface area contributed by atoms with Gasteiger partial charge in [-0.15, -0.1) is 0 Å². The van der Waals surface area contributed by atoms with Gasteiger partial charge in [0.1, 0.15) is 11.6 Å². The molecule has 0 heterocycles. The van der Waals surface area contributed by atoms with Crippen LogP contribution in [0.5, 0.6) is 5.75 Å². The number of ether oxygens (including phenoxy) is 1. The molecule has 7 heteroatoms. The first kappa shape index (κ1) is 17.8. The molecule has 0 aliphatic heterocycles. The molecule has 3 aromatic rings. The van der Waals surface area contributed by atoms with Gasteiger partial charge in [0.2, 0.25) is 0 Å². The van der Waals surface area contributed by atoms with E-state index in [4.69, 9.17) is 10.5 Å². The van der Waals surface area contributed by atoms with Gasteiger partial charge < -0.3 is 10.5 Å². The van der Waals surface area contributed by atoms with Gasteiger partial charge in [0.15, 0.2) is 0 Å². The number of benzene rings is 3. The first-order valence-electron chi connectivity index (χ1n) is 7.71. The lowest BCUT2D eigenvalue weighted by atomic mass is 10.1. The summed E-state index contributed by atoms with van der Waals surface area (Å²) in [5, 5.41) is 0. The van der Waals surface area contributed by atoms with Crippen molar-refractivity contribution in [3.63, 3.8) is 0 Å². The fraction of sp³-hybridized carbons (Fsp3) is 0.0526. The monoisotopic (exact) mass is 372 g/mol. The summed E-state index contributed by atoms with van der Waals surface area (Å²) in [7, 11) is -2.41. The zero-order valence-electron chi connectivity index (χ0n) is 13.9. The predicted molar refractivity (Wildman–Crippen MR) is 100 cm³/mol. The van der Waals surface area contributed by atoms with Gasteiger partial charge in [-0.2, -0.15) is 0 Å². The van der Waals surface area contributed by atoms with Gasteiger partial charge >= 0.3 is 0 Å². The molecule has 3 aromatic carbocycles. The van der Waals surface area contributed by atoms with Crippen molar-refractivity contribution in [3.05, 3.63) is 72.5 Å². The van der Waals surface area contributed by atoms with Crippen LogP contribution in [0.4, 0.5) is 15.8 Å². The summed E-state index contributed by atoms with van der Waals surface area (Å²) >= 11 is 0. The Morgan fingerprint density at radius 2 is 1.69 bits per heavy atom. The van der Waals surface area contributed by atoms with Crippen molar-refractivity contribution in [2.45, 2.75) is 4.90 Å². The first-order valence-corrected chi connectivity index (χ1v) is 9.20. The molecule has 0 spiro atoms. The Balaban J connectivity index is 1.95. The van der Waals surface area contributed by atoms with Gasteiger partial charge in [-0.25, -0.2) is 12.8 Å². The second kappa shape index (κ2) is 7.05. The van der Waals surface area contributed by atoms with Gasteiger partial charge in [-0.3, -0.25) is 4.72 Å². The molecule has 0 amide bonds. The van der Waals surface area contributed by atoms with E-state index in [0.717, 1.165) is 0 Å². The fourth-order valence-corrected chi connectivity index (χ4v) is 3.60. The van der Waals surface area contributed by atoms with Crippen LogP contribution in [0.25, 0.3) is 11.1 Å². The molecular weight excluding hydrogens is 355 g/mol.